The van der Waals surface area contributed by atoms with Crippen LogP contribution in [0.25, 0.3) is 10.6 Å². The number of esters is 1. The molecule has 1 heterocycles. The lowest BCUT2D eigenvalue weighted by molar-refractivity contribution is -0.130. The number of carbonyl (C=O) groups is 2. The maximum absolute atomic E-state index is 12.6. The maximum atomic E-state index is 12.6. The van der Waals surface area contributed by atoms with Gasteiger partial charge in [-0.3, -0.25) is 4.79 Å². The molecule has 1 aromatic heterocycles. The first kappa shape index (κ1) is 20.0. The largest absolute Gasteiger partial charge is 0.448 e. The van der Waals surface area contributed by atoms with Crippen LogP contribution in [0.5, 0.6) is 0 Å². The van der Waals surface area contributed by atoms with Crippen LogP contribution in [0.1, 0.15) is 54.4 Å². The molecule has 1 aliphatic carbocycles. The van der Waals surface area contributed by atoms with Crippen molar-refractivity contribution in [3.63, 3.8) is 0 Å². The highest BCUT2D eigenvalue weighted by Gasteiger charge is 2.35. The Kier molecular flexibility index (Phi) is 6.10. The van der Waals surface area contributed by atoms with E-state index in [2.05, 4.69) is 16.4 Å². The Morgan fingerprint density at radius 1 is 1.25 bits per heavy atom. The van der Waals surface area contributed by atoms with E-state index < -0.39 is 23.5 Å². The fraction of sp³-hybridized carbons (Fsp3) is 0.429. The number of nitrogens with zero attached hydrogens (tertiary/aromatic N) is 2. The maximum Gasteiger partial charge on any atom is 0.351 e. The first-order chi connectivity index (χ1) is 13.4. The van der Waals surface area contributed by atoms with E-state index in [1.807, 2.05) is 30.3 Å². The van der Waals surface area contributed by atoms with E-state index in [-0.39, 0.29) is 0 Å². The highest BCUT2D eigenvalue weighted by Crippen LogP contribution is 2.29. The second-order valence-electron chi connectivity index (χ2n) is 7.09. The third-order valence-corrected chi connectivity index (χ3v) is 6.13. The molecule has 6 nitrogen and oxygen atoms in total. The number of nitrogens with one attached hydrogen (secondary N) is 1. The summed E-state index contributed by atoms with van der Waals surface area (Å²) in [4.78, 5) is 29.9. The van der Waals surface area contributed by atoms with Gasteiger partial charge in [0, 0.05) is 5.56 Å². The number of rotatable bonds is 5. The van der Waals surface area contributed by atoms with Gasteiger partial charge in [0.05, 0.1) is 11.8 Å². The number of thiazole rings is 1. The number of ether oxygens (including phenoxy) is 1. The molecule has 1 N–H and O–H groups in total. The SMILES string of the molecule is Cc1nc(-c2ccccc2)sc1C(=O)O[C@H](C)C(=O)NC1(C#N)CCCCC1. The van der Waals surface area contributed by atoms with Crippen LogP contribution in [0.3, 0.4) is 0 Å². The Morgan fingerprint density at radius 2 is 1.93 bits per heavy atom. The predicted molar refractivity (Wildman–Crippen MR) is 107 cm³/mol. The van der Waals surface area contributed by atoms with E-state index >= 15 is 0 Å². The summed E-state index contributed by atoms with van der Waals surface area (Å²) in [6, 6.07) is 11.8. The average molecular weight is 398 g/mol. The summed E-state index contributed by atoms with van der Waals surface area (Å²) < 4.78 is 5.37. The second kappa shape index (κ2) is 8.53. The zero-order valence-electron chi connectivity index (χ0n) is 16.0. The molecule has 7 heteroatoms. The minimum atomic E-state index is -0.985. The van der Waals surface area contributed by atoms with Crippen LogP contribution < -0.4 is 5.32 Å². The van der Waals surface area contributed by atoms with Gasteiger partial charge in [0.2, 0.25) is 0 Å². The van der Waals surface area contributed by atoms with Crippen LogP contribution in [-0.4, -0.2) is 28.5 Å². The number of carbonyl (C=O) groups excluding carboxylic acids is 2. The summed E-state index contributed by atoms with van der Waals surface area (Å²) >= 11 is 1.24. The third kappa shape index (κ3) is 4.39. The number of nitriles is 1. The molecule has 1 atom stereocenters. The molecule has 3 rings (SSSR count). The van der Waals surface area contributed by atoms with E-state index in [4.69, 9.17) is 4.74 Å². The molecule has 0 unspecified atom stereocenters. The molecule has 1 amide bonds. The molecule has 0 saturated heterocycles. The topological polar surface area (TPSA) is 92.1 Å². The number of aryl methyl sites for hydroxylation is 1. The van der Waals surface area contributed by atoms with E-state index in [1.54, 1.807) is 6.92 Å². The summed E-state index contributed by atoms with van der Waals surface area (Å²) in [5.41, 5.74) is 0.646. The number of aromatic nitrogens is 1. The second-order valence-corrected chi connectivity index (χ2v) is 8.09. The lowest BCUT2D eigenvalue weighted by atomic mass is 9.83. The minimum absolute atomic E-state index is 0.381. The summed E-state index contributed by atoms with van der Waals surface area (Å²) in [6.45, 7) is 3.27. The molecule has 1 aliphatic rings. The lowest BCUT2D eigenvalue weighted by Crippen LogP contribution is -2.52. The van der Waals surface area contributed by atoms with Gasteiger partial charge in [0.25, 0.3) is 5.91 Å². The Morgan fingerprint density at radius 3 is 2.57 bits per heavy atom. The number of amides is 1. The summed E-state index contributed by atoms with van der Waals surface area (Å²) in [5, 5.41) is 13.0. The monoisotopic (exact) mass is 397 g/mol. The van der Waals surface area contributed by atoms with Gasteiger partial charge in [0.1, 0.15) is 15.4 Å². The number of benzene rings is 1. The molecule has 1 fully saturated rings. The average Bonchev–Trinajstić information content (AvgIpc) is 3.11. The van der Waals surface area contributed by atoms with Gasteiger partial charge in [-0.25, -0.2) is 9.78 Å². The predicted octanol–water partition coefficient (Wildman–Crippen LogP) is 4.01. The van der Waals surface area contributed by atoms with E-state index in [1.165, 1.54) is 18.3 Å². The van der Waals surface area contributed by atoms with Crippen LogP contribution in [0.15, 0.2) is 30.3 Å². The molecule has 28 heavy (non-hydrogen) atoms. The van der Waals surface area contributed by atoms with Crippen LogP contribution in [0, 0.1) is 18.3 Å². The van der Waals surface area contributed by atoms with Crippen LogP contribution in [0.4, 0.5) is 0 Å². The Hall–Kier alpha value is -2.72. The summed E-state index contributed by atoms with van der Waals surface area (Å²) in [7, 11) is 0. The molecule has 0 radical (unpaired) electrons. The lowest BCUT2D eigenvalue weighted by Gasteiger charge is -2.32. The van der Waals surface area contributed by atoms with Gasteiger partial charge in [0.15, 0.2) is 6.10 Å². The zero-order chi connectivity index (χ0) is 20.1. The Labute approximate surface area is 168 Å². The normalized spacial score (nSPS) is 16.6. The minimum Gasteiger partial charge on any atom is -0.448 e. The van der Waals surface area contributed by atoms with Crippen molar-refractivity contribution in [3.8, 4) is 16.6 Å². The van der Waals surface area contributed by atoms with Crippen LogP contribution >= 0.6 is 11.3 Å². The van der Waals surface area contributed by atoms with Crippen LogP contribution in [0.2, 0.25) is 0 Å². The molecular formula is C21H23N3O3S. The van der Waals surface area contributed by atoms with Gasteiger partial charge in [-0.05, 0) is 26.7 Å². The molecule has 1 saturated carbocycles. The highest BCUT2D eigenvalue weighted by molar-refractivity contribution is 7.17. The third-order valence-electron chi connectivity index (χ3n) is 4.94. The molecular weight excluding hydrogens is 374 g/mol. The summed E-state index contributed by atoms with van der Waals surface area (Å²) in [6.07, 6.45) is 3.16. The van der Waals surface area contributed by atoms with E-state index in [9.17, 15) is 14.9 Å². The molecule has 0 aliphatic heterocycles. The molecule has 0 spiro atoms. The first-order valence-electron chi connectivity index (χ1n) is 9.41. The van der Waals surface area contributed by atoms with Crippen molar-refractivity contribution in [2.45, 2.75) is 57.6 Å². The Balaban J connectivity index is 1.66. The fourth-order valence-electron chi connectivity index (χ4n) is 3.32. The molecule has 146 valence electrons. The quantitative estimate of drug-likeness (QED) is 0.770. The van der Waals surface area contributed by atoms with Gasteiger partial charge >= 0.3 is 5.97 Å². The van der Waals surface area contributed by atoms with Gasteiger partial charge in [-0.15, -0.1) is 11.3 Å². The number of hydrogen-bond acceptors (Lipinski definition) is 6. The molecule has 1 aromatic carbocycles. The summed E-state index contributed by atoms with van der Waals surface area (Å²) in [5.74, 6) is -1.02. The van der Waals surface area contributed by atoms with Gasteiger partial charge < -0.3 is 10.1 Å². The molecule has 2 aromatic rings. The van der Waals surface area contributed by atoms with Crippen molar-refractivity contribution in [2.24, 2.45) is 0 Å². The first-order valence-corrected chi connectivity index (χ1v) is 10.2. The standard InChI is InChI=1S/C21H23N3O3S/c1-14-17(28-19(23-14)16-9-5-3-6-10-16)20(26)27-15(2)18(25)24-21(13-22)11-7-4-8-12-21/h3,5-6,9-10,15H,4,7-8,11-12H2,1-2H3,(H,24,25)/t15-/m1/s1. The van der Waals surface area contributed by atoms with Crippen LogP contribution in [-0.2, 0) is 9.53 Å². The van der Waals surface area contributed by atoms with Gasteiger partial charge in [-0.1, -0.05) is 49.6 Å². The van der Waals surface area contributed by atoms with Crippen molar-refractivity contribution >= 4 is 23.2 Å². The zero-order valence-corrected chi connectivity index (χ0v) is 16.8. The Bertz CT molecular complexity index is 895. The highest BCUT2D eigenvalue weighted by atomic mass is 32.1. The van der Waals surface area contributed by atoms with E-state index in [0.29, 0.717) is 23.4 Å². The molecule has 0 bridgehead atoms. The van der Waals surface area contributed by atoms with Crippen molar-refractivity contribution in [3.05, 3.63) is 40.9 Å². The number of hydrogen-bond donors (Lipinski definition) is 1. The van der Waals surface area contributed by atoms with Crippen molar-refractivity contribution in [1.29, 1.82) is 5.26 Å². The van der Waals surface area contributed by atoms with Crippen molar-refractivity contribution < 1.29 is 14.3 Å². The van der Waals surface area contributed by atoms with Crippen molar-refractivity contribution in [2.75, 3.05) is 0 Å². The van der Waals surface area contributed by atoms with E-state index in [0.717, 1.165) is 29.8 Å². The van der Waals surface area contributed by atoms with Gasteiger partial charge in [-0.2, -0.15) is 5.26 Å². The van der Waals surface area contributed by atoms with Crippen molar-refractivity contribution in [1.82, 2.24) is 10.3 Å². The smallest absolute Gasteiger partial charge is 0.351 e. The fourth-order valence-corrected chi connectivity index (χ4v) is 4.27.